The zero-order chi connectivity index (χ0) is 13.5. The zero-order valence-corrected chi connectivity index (χ0v) is 10.8. The van der Waals surface area contributed by atoms with Gasteiger partial charge in [-0.3, -0.25) is 4.79 Å². The van der Waals surface area contributed by atoms with Crippen molar-refractivity contribution in [2.75, 3.05) is 11.9 Å². The highest BCUT2D eigenvalue weighted by molar-refractivity contribution is 5.86. The molecule has 2 N–H and O–H groups in total. The van der Waals surface area contributed by atoms with E-state index in [1.165, 1.54) is 0 Å². The fourth-order valence-corrected chi connectivity index (χ4v) is 2.51. The molecule has 2 aromatic heterocycles. The summed E-state index contributed by atoms with van der Waals surface area (Å²) in [4.78, 5) is 19.9. The third-order valence-electron chi connectivity index (χ3n) is 4.00. The van der Waals surface area contributed by atoms with Crippen molar-refractivity contribution < 1.29 is 9.90 Å². The Morgan fingerprint density at radius 3 is 2.95 bits per heavy atom. The van der Waals surface area contributed by atoms with Gasteiger partial charge in [0.05, 0.1) is 17.3 Å². The number of hydrogen-bond acceptors (Lipinski definition) is 4. The van der Waals surface area contributed by atoms with Crippen molar-refractivity contribution in [1.29, 1.82) is 0 Å². The molecule has 0 atom stereocenters. The molecule has 1 aliphatic carbocycles. The molecule has 100 valence electrons. The highest BCUT2D eigenvalue weighted by Crippen LogP contribution is 2.41. The lowest BCUT2D eigenvalue weighted by Gasteiger charge is -2.37. The molecule has 2 aromatic rings. The summed E-state index contributed by atoms with van der Waals surface area (Å²) >= 11 is 0. The van der Waals surface area contributed by atoms with E-state index in [1.54, 1.807) is 12.5 Å². The normalized spacial score (nSPS) is 17.1. The number of aliphatic carboxylic acids is 1. The third kappa shape index (κ3) is 1.83. The Hall–Kier alpha value is -2.11. The molecule has 19 heavy (non-hydrogen) atoms. The maximum absolute atomic E-state index is 11.3. The smallest absolute Gasteiger partial charge is 0.311 e. The van der Waals surface area contributed by atoms with Gasteiger partial charge in [-0.1, -0.05) is 6.42 Å². The Morgan fingerprint density at radius 2 is 2.32 bits per heavy atom. The van der Waals surface area contributed by atoms with Crippen molar-refractivity contribution in [2.24, 2.45) is 12.5 Å². The fourth-order valence-electron chi connectivity index (χ4n) is 2.51. The maximum Gasteiger partial charge on any atom is 0.311 e. The van der Waals surface area contributed by atoms with Crippen LogP contribution >= 0.6 is 0 Å². The number of carbonyl (C=O) groups is 1. The molecule has 6 nitrogen and oxygen atoms in total. The van der Waals surface area contributed by atoms with Gasteiger partial charge in [-0.05, 0) is 18.9 Å². The Labute approximate surface area is 110 Å². The number of hydrogen-bond donors (Lipinski definition) is 2. The van der Waals surface area contributed by atoms with Gasteiger partial charge in [-0.25, -0.2) is 9.97 Å². The van der Waals surface area contributed by atoms with Gasteiger partial charge in [0.25, 0.3) is 0 Å². The van der Waals surface area contributed by atoms with Crippen LogP contribution in [0.4, 0.5) is 5.82 Å². The van der Waals surface area contributed by atoms with Crippen LogP contribution in [0.3, 0.4) is 0 Å². The van der Waals surface area contributed by atoms with E-state index >= 15 is 0 Å². The Morgan fingerprint density at radius 1 is 1.53 bits per heavy atom. The van der Waals surface area contributed by atoms with Gasteiger partial charge in [0.2, 0.25) is 0 Å². The molecule has 0 amide bonds. The second kappa shape index (κ2) is 4.22. The Bertz CT molecular complexity index is 631. The molecule has 1 fully saturated rings. The second-order valence-electron chi connectivity index (χ2n) is 5.18. The molecule has 0 saturated heterocycles. The quantitative estimate of drug-likeness (QED) is 0.873. The SMILES string of the molecule is Cn1cnc2c(NCC3(C(=O)O)CCC3)nccc21. The summed E-state index contributed by atoms with van der Waals surface area (Å²) in [6, 6.07) is 1.89. The van der Waals surface area contributed by atoms with E-state index in [0.29, 0.717) is 12.4 Å². The van der Waals surface area contributed by atoms with E-state index in [-0.39, 0.29) is 0 Å². The summed E-state index contributed by atoms with van der Waals surface area (Å²) in [7, 11) is 1.92. The topological polar surface area (TPSA) is 80.0 Å². The van der Waals surface area contributed by atoms with Crippen LogP contribution in [0.2, 0.25) is 0 Å². The maximum atomic E-state index is 11.3. The molecule has 0 aliphatic heterocycles. The van der Waals surface area contributed by atoms with Gasteiger partial charge in [0, 0.05) is 19.8 Å². The van der Waals surface area contributed by atoms with Crippen molar-refractivity contribution in [3.8, 4) is 0 Å². The number of pyridine rings is 1. The van der Waals surface area contributed by atoms with Crippen LogP contribution in [-0.2, 0) is 11.8 Å². The summed E-state index contributed by atoms with van der Waals surface area (Å²) in [6.07, 6.45) is 5.88. The molecular formula is C13H16N4O2. The molecule has 0 radical (unpaired) electrons. The molecule has 2 heterocycles. The number of fused-ring (bicyclic) bond motifs is 1. The van der Waals surface area contributed by atoms with E-state index < -0.39 is 11.4 Å². The minimum atomic E-state index is -0.723. The lowest BCUT2D eigenvalue weighted by atomic mass is 9.69. The van der Waals surface area contributed by atoms with E-state index in [4.69, 9.17) is 0 Å². The monoisotopic (exact) mass is 260 g/mol. The van der Waals surface area contributed by atoms with Crippen LogP contribution < -0.4 is 5.32 Å². The summed E-state index contributed by atoms with van der Waals surface area (Å²) in [5, 5.41) is 12.5. The van der Waals surface area contributed by atoms with Crippen molar-refractivity contribution in [3.05, 3.63) is 18.6 Å². The first-order chi connectivity index (χ1) is 9.12. The highest BCUT2D eigenvalue weighted by atomic mass is 16.4. The summed E-state index contributed by atoms with van der Waals surface area (Å²) in [6.45, 7) is 0.408. The van der Waals surface area contributed by atoms with Crippen LogP contribution in [0.5, 0.6) is 0 Å². The number of carboxylic acid groups (broad SMARTS) is 1. The van der Waals surface area contributed by atoms with Gasteiger partial charge >= 0.3 is 5.97 Å². The van der Waals surface area contributed by atoms with Gasteiger partial charge < -0.3 is 15.0 Å². The van der Waals surface area contributed by atoms with Crippen molar-refractivity contribution in [2.45, 2.75) is 19.3 Å². The van der Waals surface area contributed by atoms with Crippen LogP contribution in [0.15, 0.2) is 18.6 Å². The highest BCUT2D eigenvalue weighted by Gasteiger charge is 2.44. The molecule has 0 unspecified atom stereocenters. The van der Waals surface area contributed by atoms with Crippen molar-refractivity contribution in [3.63, 3.8) is 0 Å². The summed E-state index contributed by atoms with van der Waals surface area (Å²) in [5.74, 6) is -0.0647. The predicted octanol–water partition coefficient (Wildman–Crippen LogP) is 1.64. The van der Waals surface area contributed by atoms with Crippen LogP contribution in [-0.4, -0.2) is 32.2 Å². The van der Waals surface area contributed by atoms with E-state index in [1.807, 2.05) is 17.7 Å². The lowest BCUT2D eigenvalue weighted by molar-refractivity contribution is -0.153. The van der Waals surface area contributed by atoms with Crippen LogP contribution in [0, 0.1) is 5.41 Å². The van der Waals surface area contributed by atoms with Gasteiger partial charge in [0.15, 0.2) is 5.82 Å². The standard InChI is InChI=1S/C13H16N4O2/c1-17-8-16-10-9(17)3-6-14-11(10)15-7-13(12(18)19)4-2-5-13/h3,6,8H,2,4-5,7H2,1H3,(H,14,15)(H,18,19). The van der Waals surface area contributed by atoms with Gasteiger partial charge in [-0.2, -0.15) is 0 Å². The number of nitrogens with one attached hydrogen (secondary N) is 1. The van der Waals surface area contributed by atoms with Gasteiger partial charge in [0.1, 0.15) is 5.52 Å². The van der Waals surface area contributed by atoms with E-state index in [2.05, 4.69) is 15.3 Å². The van der Waals surface area contributed by atoms with Crippen molar-refractivity contribution >= 4 is 22.8 Å². The Kier molecular flexibility index (Phi) is 2.66. The number of nitrogens with zero attached hydrogens (tertiary/aromatic N) is 3. The second-order valence-corrected chi connectivity index (χ2v) is 5.18. The minimum Gasteiger partial charge on any atom is -0.481 e. The largest absolute Gasteiger partial charge is 0.481 e. The zero-order valence-electron chi connectivity index (χ0n) is 10.8. The molecule has 3 rings (SSSR count). The fraction of sp³-hybridized carbons (Fsp3) is 0.462. The average molecular weight is 260 g/mol. The summed E-state index contributed by atoms with van der Waals surface area (Å²) in [5.41, 5.74) is 1.14. The number of rotatable bonds is 4. The van der Waals surface area contributed by atoms with Crippen LogP contribution in [0.25, 0.3) is 11.0 Å². The molecular weight excluding hydrogens is 244 g/mol. The van der Waals surface area contributed by atoms with E-state index in [0.717, 1.165) is 30.3 Å². The number of aromatic nitrogens is 3. The molecule has 0 aromatic carbocycles. The summed E-state index contributed by atoms with van der Waals surface area (Å²) < 4.78 is 1.92. The molecule has 6 heteroatoms. The number of imidazole rings is 1. The van der Waals surface area contributed by atoms with Gasteiger partial charge in [-0.15, -0.1) is 0 Å². The average Bonchev–Trinajstić information content (AvgIpc) is 2.70. The molecule has 0 bridgehead atoms. The lowest BCUT2D eigenvalue weighted by Crippen LogP contribution is -2.43. The van der Waals surface area contributed by atoms with E-state index in [9.17, 15) is 9.90 Å². The number of aryl methyl sites for hydroxylation is 1. The first kappa shape index (κ1) is 12.0. The molecule has 1 aliphatic rings. The molecule has 1 saturated carbocycles. The number of anilines is 1. The predicted molar refractivity (Wildman–Crippen MR) is 70.9 cm³/mol. The van der Waals surface area contributed by atoms with Crippen LogP contribution in [0.1, 0.15) is 19.3 Å². The van der Waals surface area contributed by atoms with Crippen molar-refractivity contribution in [1.82, 2.24) is 14.5 Å². The minimum absolute atomic E-state index is 0.408. The first-order valence-electron chi connectivity index (χ1n) is 6.36. The molecule has 0 spiro atoms. The number of carboxylic acids is 1. The first-order valence-corrected chi connectivity index (χ1v) is 6.36. The Balaban J connectivity index is 1.84. The third-order valence-corrected chi connectivity index (χ3v) is 4.00.